The van der Waals surface area contributed by atoms with Crippen LogP contribution >= 0.6 is 0 Å². The minimum Gasteiger partial charge on any atom is -0.327 e. The van der Waals surface area contributed by atoms with E-state index >= 15 is 0 Å². The van der Waals surface area contributed by atoms with Crippen molar-refractivity contribution in [2.45, 2.75) is 39.7 Å². The molecule has 0 saturated heterocycles. The van der Waals surface area contributed by atoms with E-state index in [1.165, 1.54) is 12.8 Å². The average Bonchev–Trinajstić information content (AvgIpc) is 1.93. The zero-order valence-electron chi connectivity index (χ0n) is 7.30. The molecule has 60 valence electrons. The summed E-state index contributed by atoms with van der Waals surface area (Å²) in [6.45, 7) is 6.95. The summed E-state index contributed by atoms with van der Waals surface area (Å²) in [5, 5.41) is 0. The number of rotatable bonds is 0. The van der Waals surface area contributed by atoms with Gasteiger partial charge >= 0.3 is 0 Å². The fourth-order valence-electron chi connectivity index (χ4n) is 1.89. The van der Waals surface area contributed by atoms with Crippen molar-refractivity contribution in [3.8, 4) is 0 Å². The van der Waals surface area contributed by atoms with Gasteiger partial charge in [0.15, 0.2) is 0 Å². The highest BCUT2D eigenvalue weighted by atomic mass is 14.7. The summed E-state index contributed by atoms with van der Waals surface area (Å²) in [5.74, 6) is 2.43. The van der Waals surface area contributed by atoms with Crippen LogP contribution in [0.25, 0.3) is 0 Å². The zero-order valence-corrected chi connectivity index (χ0v) is 7.30. The van der Waals surface area contributed by atoms with Crippen molar-refractivity contribution in [2.75, 3.05) is 0 Å². The SMILES string of the molecule is C[C@@H]1[C@H](C)[C@@H](N)CC[C@@H]1C. The molecule has 1 heteroatoms. The summed E-state index contributed by atoms with van der Waals surface area (Å²) in [5.41, 5.74) is 5.93. The van der Waals surface area contributed by atoms with Crippen LogP contribution in [0.2, 0.25) is 0 Å². The molecule has 1 saturated carbocycles. The Balaban J connectivity index is 2.52. The molecule has 1 rings (SSSR count). The molecule has 0 heterocycles. The van der Waals surface area contributed by atoms with Crippen LogP contribution in [-0.4, -0.2) is 6.04 Å². The van der Waals surface area contributed by atoms with Gasteiger partial charge in [0.05, 0.1) is 0 Å². The van der Waals surface area contributed by atoms with Crippen LogP contribution in [0.15, 0.2) is 0 Å². The lowest BCUT2D eigenvalue weighted by Crippen LogP contribution is -2.39. The second-order valence-electron chi connectivity index (χ2n) is 3.94. The minimum atomic E-state index is 0.464. The van der Waals surface area contributed by atoms with E-state index in [1.54, 1.807) is 0 Å². The van der Waals surface area contributed by atoms with Gasteiger partial charge in [-0.2, -0.15) is 0 Å². The fraction of sp³-hybridized carbons (Fsp3) is 1.00. The van der Waals surface area contributed by atoms with Crippen LogP contribution in [0.3, 0.4) is 0 Å². The van der Waals surface area contributed by atoms with Crippen molar-refractivity contribution in [3.05, 3.63) is 0 Å². The van der Waals surface area contributed by atoms with E-state index in [4.69, 9.17) is 5.73 Å². The lowest BCUT2D eigenvalue weighted by molar-refractivity contribution is 0.171. The second-order valence-corrected chi connectivity index (χ2v) is 3.94. The summed E-state index contributed by atoms with van der Waals surface area (Å²) in [6, 6.07) is 0.464. The van der Waals surface area contributed by atoms with Gasteiger partial charge < -0.3 is 5.73 Å². The Labute approximate surface area is 64.0 Å². The molecular weight excluding hydrogens is 122 g/mol. The van der Waals surface area contributed by atoms with Crippen molar-refractivity contribution < 1.29 is 0 Å². The molecule has 10 heavy (non-hydrogen) atoms. The standard InChI is InChI=1S/C9H19N/c1-6-4-5-9(10)8(3)7(6)2/h6-9H,4-5,10H2,1-3H3/t6-,7-,8-,9-/m0/s1. The Bertz CT molecular complexity index is 97.3. The van der Waals surface area contributed by atoms with Gasteiger partial charge in [0.1, 0.15) is 0 Å². The van der Waals surface area contributed by atoms with E-state index in [2.05, 4.69) is 20.8 Å². The Kier molecular flexibility index (Phi) is 2.35. The topological polar surface area (TPSA) is 26.0 Å². The molecule has 0 aliphatic heterocycles. The molecule has 1 aliphatic rings. The van der Waals surface area contributed by atoms with Gasteiger partial charge in [-0.05, 0) is 30.6 Å². The first-order valence-electron chi connectivity index (χ1n) is 4.38. The highest BCUT2D eigenvalue weighted by molar-refractivity contribution is 4.82. The molecule has 0 aromatic rings. The maximum atomic E-state index is 5.93. The molecule has 0 unspecified atom stereocenters. The molecule has 1 aliphatic carbocycles. The van der Waals surface area contributed by atoms with Crippen LogP contribution in [-0.2, 0) is 0 Å². The summed E-state index contributed by atoms with van der Waals surface area (Å²) < 4.78 is 0. The van der Waals surface area contributed by atoms with Crippen molar-refractivity contribution in [1.29, 1.82) is 0 Å². The first-order chi connectivity index (χ1) is 4.63. The second kappa shape index (κ2) is 2.91. The van der Waals surface area contributed by atoms with Crippen LogP contribution in [0, 0.1) is 17.8 Å². The third-order valence-electron chi connectivity index (χ3n) is 3.36. The van der Waals surface area contributed by atoms with Crippen LogP contribution < -0.4 is 5.73 Å². The molecule has 1 fully saturated rings. The first-order valence-corrected chi connectivity index (χ1v) is 4.38. The molecule has 0 radical (unpaired) electrons. The number of hydrogen-bond acceptors (Lipinski definition) is 1. The largest absolute Gasteiger partial charge is 0.327 e. The molecule has 2 N–H and O–H groups in total. The van der Waals surface area contributed by atoms with Crippen LogP contribution in [0.1, 0.15) is 33.6 Å². The predicted molar refractivity (Wildman–Crippen MR) is 44.7 cm³/mol. The molecule has 0 amide bonds. The molecular formula is C9H19N. The molecule has 0 aromatic heterocycles. The maximum absolute atomic E-state index is 5.93. The predicted octanol–water partition coefficient (Wildman–Crippen LogP) is 2.02. The quantitative estimate of drug-likeness (QED) is 0.548. The van der Waals surface area contributed by atoms with Crippen molar-refractivity contribution in [2.24, 2.45) is 23.5 Å². The third-order valence-corrected chi connectivity index (χ3v) is 3.36. The minimum absolute atomic E-state index is 0.464. The van der Waals surface area contributed by atoms with E-state index in [0.717, 1.165) is 17.8 Å². The fourth-order valence-corrected chi connectivity index (χ4v) is 1.89. The summed E-state index contributed by atoms with van der Waals surface area (Å²) >= 11 is 0. The molecule has 0 spiro atoms. The van der Waals surface area contributed by atoms with E-state index in [1.807, 2.05) is 0 Å². The van der Waals surface area contributed by atoms with E-state index in [-0.39, 0.29) is 0 Å². The van der Waals surface area contributed by atoms with Gasteiger partial charge in [0.25, 0.3) is 0 Å². The molecule has 4 atom stereocenters. The molecule has 1 nitrogen and oxygen atoms in total. The van der Waals surface area contributed by atoms with Gasteiger partial charge in [-0.15, -0.1) is 0 Å². The summed E-state index contributed by atoms with van der Waals surface area (Å²) in [7, 11) is 0. The van der Waals surface area contributed by atoms with E-state index in [0.29, 0.717) is 6.04 Å². The average molecular weight is 141 g/mol. The van der Waals surface area contributed by atoms with Gasteiger partial charge in [0.2, 0.25) is 0 Å². The van der Waals surface area contributed by atoms with Gasteiger partial charge in [0, 0.05) is 6.04 Å². The summed E-state index contributed by atoms with van der Waals surface area (Å²) in [6.07, 6.45) is 2.55. The van der Waals surface area contributed by atoms with Gasteiger partial charge in [-0.1, -0.05) is 20.8 Å². The van der Waals surface area contributed by atoms with E-state index in [9.17, 15) is 0 Å². The summed E-state index contributed by atoms with van der Waals surface area (Å²) in [4.78, 5) is 0. The first kappa shape index (κ1) is 8.06. The maximum Gasteiger partial charge on any atom is 0.00672 e. The lowest BCUT2D eigenvalue weighted by atomic mass is 9.72. The highest BCUT2D eigenvalue weighted by Gasteiger charge is 2.28. The molecule has 0 bridgehead atoms. The van der Waals surface area contributed by atoms with Crippen molar-refractivity contribution >= 4 is 0 Å². The smallest absolute Gasteiger partial charge is 0.00672 e. The number of nitrogens with two attached hydrogens (primary N) is 1. The van der Waals surface area contributed by atoms with Gasteiger partial charge in [-0.25, -0.2) is 0 Å². The lowest BCUT2D eigenvalue weighted by Gasteiger charge is -2.36. The Morgan fingerprint density at radius 3 is 2.10 bits per heavy atom. The Hall–Kier alpha value is -0.0400. The third kappa shape index (κ3) is 1.34. The van der Waals surface area contributed by atoms with E-state index < -0.39 is 0 Å². The monoisotopic (exact) mass is 141 g/mol. The van der Waals surface area contributed by atoms with Crippen LogP contribution in [0.5, 0.6) is 0 Å². The van der Waals surface area contributed by atoms with Crippen molar-refractivity contribution in [3.63, 3.8) is 0 Å². The normalized spacial score (nSPS) is 49.2. The Morgan fingerprint density at radius 1 is 1.00 bits per heavy atom. The number of hydrogen-bond donors (Lipinski definition) is 1. The zero-order chi connectivity index (χ0) is 7.72. The van der Waals surface area contributed by atoms with Crippen LogP contribution in [0.4, 0.5) is 0 Å². The molecule has 0 aromatic carbocycles. The highest BCUT2D eigenvalue weighted by Crippen LogP contribution is 2.32. The van der Waals surface area contributed by atoms with Crippen molar-refractivity contribution in [1.82, 2.24) is 0 Å². The van der Waals surface area contributed by atoms with Gasteiger partial charge in [-0.3, -0.25) is 0 Å². The Morgan fingerprint density at radius 2 is 1.60 bits per heavy atom.